The summed E-state index contributed by atoms with van der Waals surface area (Å²) < 4.78 is 0. The Morgan fingerprint density at radius 1 is 1.06 bits per heavy atom. The zero-order valence-corrected chi connectivity index (χ0v) is 17.6. The molecule has 0 atom stereocenters. The first kappa shape index (κ1) is 21.0. The van der Waals surface area contributed by atoms with E-state index in [4.69, 9.17) is 10.2 Å². The molecule has 0 aliphatic carbocycles. The van der Waals surface area contributed by atoms with Crippen LogP contribution in [0.4, 0.5) is 0 Å². The van der Waals surface area contributed by atoms with Gasteiger partial charge in [0.25, 0.3) is 5.91 Å². The summed E-state index contributed by atoms with van der Waals surface area (Å²) in [5.41, 5.74) is 6.97. The summed E-state index contributed by atoms with van der Waals surface area (Å²) in [5, 5.41) is 8.57. The Kier molecular flexibility index (Phi) is 6.92. The Labute approximate surface area is 182 Å². The van der Waals surface area contributed by atoms with Crippen molar-refractivity contribution in [3.8, 4) is 11.3 Å². The maximum absolute atomic E-state index is 11.1. The van der Waals surface area contributed by atoms with Crippen molar-refractivity contribution >= 4 is 12.0 Å². The first-order valence-corrected chi connectivity index (χ1v) is 10.8. The van der Waals surface area contributed by atoms with Crippen LogP contribution in [0.15, 0.2) is 60.7 Å². The molecule has 3 N–H and O–H groups in total. The first-order chi connectivity index (χ1) is 15.2. The van der Waals surface area contributed by atoms with Crippen LogP contribution in [0, 0.1) is 0 Å². The predicted octanol–water partition coefficient (Wildman–Crippen LogP) is 4.17. The van der Waals surface area contributed by atoms with Crippen LogP contribution in [0.5, 0.6) is 0 Å². The minimum atomic E-state index is -0.547. The monoisotopic (exact) mass is 416 g/mol. The van der Waals surface area contributed by atoms with Crippen molar-refractivity contribution in [1.29, 1.82) is 0 Å². The van der Waals surface area contributed by atoms with Crippen LogP contribution in [0.3, 0.4) is 0 Å². The SMILES string of the molecule is O=C(C=Cc1ccc(Cc2nc(-c3ccccc3)c(CN3CCCCC3)[nH]2)cc1)NO. The number of piperidine rings is 1. The second-order valence-electron chi connectivity index (χ2n) is 7.94. The molecule has 1 saturated heterocycles. The summed E-state index contributed by atoms with van der Waals surface area (Å²) in [6.07, 6.45) is 7.52. The van der Waals surface area contributed by atoms with E-state index in [-0.39, 0.29) is 0 Å². The normalized spacial score (nSPS) is 14.7. The third-order valence-corrected chi connectivity index (χ3v) is 5.59. The van der Waals surface area contributed by atoms with Crippen molar-refractivity contribution < 1.29 is 10.0 Å². The molecule has 0 spiro atoms. The van der Waals surface area contributed by atoms with Gasteiger partial charge >= 0.3 is 0 Å². The summed E-state index contributed by atoms with van der Waals surface area (Å²) in [4.78, 5) is 22.2. The molecule has 0 saturated carbocycles. The van der Waals surface area contributed by atoms with Gasteiger partial charge in [0.05, 0.1) is 11.4 Å². The fourth-order valence-electron chi connectivity index (χ4n) is 3.99. The van der Waals surface area contributed by atoms with Crippen LogP contribution in [0.25, 0.3) is 17.3 Å². The zero-order valence-electron chi connectivity index (χ0n) is 17.6. The first-order valence-electron chi connectivity index (χ1n) is 10.8. The molecule has 160 valence electrons. The summed E-state index contributed by atoms with van der Waals surface area (Å²) >= 11 is 0. The number of amides is 1. The van der Waals surface area contributed by atoms with Gasteiger partial charge in [-0.1, -0.05) is 61.0 Å². The van der Waals surface area contributed by atoms with Gasteiger partial charge in [0.15, 0.2) is 0 Å². The van der Waals surface area contributed by atoms with Crippen molar-refractivity contribution in [1.82, 2.24) is 20.3 Å². The lowest BCUT2D eigenvalue weighted by atomic mass is 10.1. The van der Waals surface area contributed by atoms with E-state index in [1.54, 1.807) is 11.6 Å². The van der Waals surface area contributed by atoms with E-state index >= 15 is 0 Å². The van der Waals surface area contributed by atoms with Crippen LogP contribution in [-0.4, -0.2) is 39.1 Å². The number of carbonyl (C=O) groups is 1. The molecule has 1 amide bonds. The largest absolute Gasteiger partial charge is 0.344 e. The number of H-pyrrole nitrogens is 1. The number of nitrogens with zero attached hydrogens (tertiary/aromatic N) is 2. The van der Waals surface area contributed by atoms with Gasteiger partial charge in [-0.05, 0) is 43.1 Å². The zero-order chi connectivity index (χ0) is 21.5. The van der Waals surface area contributed by atoms with Crippen LogP contribution < -0.4 is 5.48 Å². The highest BCUT2D eigenvalue weighted by atomic mass is 16.5. The molecule has 4 rings (SSSR count). The van der Waals surface area contributed by atoms with Crippen molar-refractivity contribution in [2.45, 2.75) is 32.2 Å². The second kappa shape index (κ2) is 10.2. The molecule has 1 fully saturated rings. The summed E-state index contributed by atoms with van der Waals surface area (Å²) in [7, 11) is 0. The van der Waals surface area contributed by atoms with Gasteiger partial charge in [-0.3, -0.25) is 14.9 Å². The van der Waals surface area contributed by atoms with Gasteiger partial charge in [0.2, 0.25) is 0 Å². The fraction of sp³-hybridized carbons (Fsp3) is 0.280. The van der Waals surface area contributed by atoms with Gasteiger partial charge in [-0.25, -0.2) is 10.5 Å². The minimum absolute atomic E-state index is 0.547. The Morgan fingerprint density at radius 3 is 2.52 bits per heavy atom. The molecule has 6 nitrogen and oxygen atoms in total. The van der Waals surface area contributed by atoms with Crippen LogP contribution in [0.2, 0.25) is 0 Å². The molecule has 1 aromatic heterocycles. The fourth-order valence-corrected chi connectivity index (χ4v) is 3.99. The molecular formula is C25H28N4O2. The average molecular weight is 417 g/mol. The van der Waals surface area contributed by atoms with Gasteiger partial charge in [-0.15, -0.1) is 0 Å². The highest BCUT2D eigenvalue weighted by Gasteiger charge is 2.17. The van der Waals surface area contributed by atoms with E-state index in [0.29, 0.717) is 6.42 Å². The Bertz CT molecular complexity index is 1020. The van der Waals surface area contributed by atoms with E-state index < -0.39 is 5.91 Å². The third-order valence-electron chi connectivity index (χ3n) is 5.59. The Hall–Kier alpha value is -3.22. The van der Waals surface area contributed by atoms with Crippen LogP contribution in [-0.2, 0) is 17.8 Å². The highest BCUT2D eigenvalue weighted by Crippen LogP contribution is 2.25. The topological polar surface area (TPSA) is 81.2 Å². The molecule has 2 aromatic carbocycles. The molecule has 31 heavy (non-hydrogen) atoms. The van der Waals surface area contributed by atoms with E-state index in [0.717, 1.165) is 47.8 Å². The van der Waals surface area contributed by atoms with Crippen LogP contribution >= 0.6 is 0 Å². The van der Waals surface area contributed by atoms with Gasteiger partial charge in [0, 0.05) is 24.6 Å². The number of rotatable bonds is 7. The minimum Gasteiger partial charge on any atom is -0.344 e. The number of hydrogen-bond donors (Lipinski definition) is 3. The van der Waals surface area contributed by atoms with Crippen molar-refractivity contribution in [3.05, 3.63) is 83.3 Å². The quantitative estimate of drug-likeness (QED) is 0.307. The van der Waals surface area contributed by atoms with Gasteiger partial charge < -0.3 is 4.98 Å². The summed E-state index contributed by atoms with van der Waals surface area (Å²) in [5.74, 6) is 0.406. The van der Waals surface area contributed by atoms with E-state index in [1.807, 2.05) is 30.3 Å². The summed E-state index contributed by atoms with van der Waals surface area (Å²) in [6, 6.07) is 18.3. The molecule has 0 unspecified atom stereocenters. The second-order valence-corrected chi connectivity index (χ2v) is 7.94. The molecule has 1 aliphatic heterocycles. The average Bonchev–Trinajstić information content (AvgIpc) is 3.21. The van der Waals surface area contributed by atoms with Crippen molar-refractivity contribution in [3.63, 3.8) is 0 Å². The standard InChI is InChI=1S/C25H28N4O2/c30-24(28-31)14-13-19-9-11-20(12-10-19)17-23-26-22(18-29-15-5-2-6-16-29)25(27-23)21-7-3-1-4-8-21/h1,3-4,7-14,31H,2,5-6,15-18H2,(H,26,27)(H,28,30). The number of imidazole rings is 1. The number of hydroxylamine groups is 1. The lowest BCUT2D eigenvalue weighted by Gasteiger charge is -2.26. The lowest BCUT2D eigenvalue weighted by Crippen LogP contribution is -2.29. The summed E-state index contributed by atoms with van der Waals surface area (Å²) in [6.45, 7) is 3.19. The predicted molar refractivity (Wildman–Crippen MR) is 121 cm³/mol. The maximum Gasteiger partial charge on any atom is 0.267 e. The Morgan fingerprint density at radius 2 is 1.81 bits per heavy atom. The number of aromatic nitrogens is 2. The molecular weight excluding hydrogens is 388 g/mol. The Balaban J connectivity index is 1.52. The van der Waals surface area contributed by atoms with E-state index in [2.05, 4.69) is 34.1 Å². The van der Waals surface area contributed by atoms with E-state index in [9.17, 15) is 4.79 Å². The van der Waals surface area contributed by atoms with Gasteiger partial charge in [0.1, 0.15) is 5.82 Å². The number of carbonyl (C=O) groups excluding carboxylic acids is 1. The molecule has 1 aliphatic rings. The third kappa shape index (κ3) is 5.69. The number of hydrogen-bond acceptors (Lipinski definition) is 4. The van der Waals surface area contributed by atoms with Gasteiger partial charge in [-0.2, -0.15) is 0 Å². The number of likely N-dealkylation sites (tertiary alicyclic amines) is 1. The molecule has 6 heteroatoms. The molecule has 0 bridgehead atoms. The number of aromatic amines is 1. The highest BCUT2D eigenvalue weighted by molar-refractivity contribution is 5.90. The molecule has 0 radical (unpaired) electrons. The molecule has 3 aromatic rings. The van der Waals surface area contributed by atoms with Crippen molar-refractivity contribution in [2.75, 3.05) is 13.1 Å². The van der Waals surface area contributed by atoms with E-state index in [1.165, 1.54) is 31.0 Å². The van der Waals surface area contributed by atoms with Crippen molar-refractivity contribution in [2.24, 2.45) is 0 Å². The molecule has 2 heterocycles. The lowest BCUT2D eigenvalue weighted by molar-refractivity contribution is -0.124. The smallest absolute Gasteiger partial charge is 0.267 e. The number of nitrogens with one attached hydrogen (secondary N) is 2. The van der Waals surface area contributed by atoms with Crippen LogP contribution in [0.1, 0.15) is 41.9 Å². The number of benzene rings is 2. The maximum atomic E-state index is 11.1.